The summed E-state index contributed by atoms with van der Waals surface area (Å²) in [6.07, 6.45) is 1.61. The third-order valence-electron chi connectivity index (χ3n) is 6.29. The van der Waals surface area contributed by atoms with Crippen molar-refractivity contribution in [1.82, 2.24) is 4.57 Å². The normalized spacial score (nSPS) is 15.2. The summed E-state index contributed by atoms with van der Waals surface area (Å²) in [6.45, 7) is 5.08. The lowest BCUT2D eigenvalue weighted by Crippen LogP contribution is -2.40. The SMILES string of the molecule is CCOC(=O)C1=C(C)N=c2s/c(=C/c3ccc(-c4ccc(Cl)cc4)o3)c(=O)n2[C@H]1c1ccc(C)c([N+](=O)[O-])c1. The van der Waals surface area contributed by atoms with Crippen LogP contribution in [0.3, 0.4) is 0 Å². The molecule has 0 saturated carbocycles. The fourth-order valence-corrected chi connectivity index (χ4v) is 5.58. The van der Waals surface area contributed by atoms with Crippen LogP contribution in [0.1, 0.15) is 36.8 Å². The molecule has 39 heavy (non-hydrogen) atoms. The number of nitro groups is 1. The van der Waals surface area contributed by atoms with E-state index in [1.165, 1.54) is 10.6 Å². The topological polar surface area (TPSA) is 117 Å². The van der Waals surface area contributed by atoms with Crippen LogP contribution < -0.4 is 14.9 Å². The number of nitro benzene ring substituents is 1. The predicted molar refractivity (Wildman–Crippen MR) is 147 cm³/mol. The van der Waals surface area contributed by atoms with Gasteiger partial charge in [0.05, 0.1) is 33.4 Å². The minimum atomic E-state index is -0.956. The van der Waals surface area contributed by atoms with Crippen LogP contribution >= 0.6 is 22.9 Å². The number of nitrogens with zero attached hydrogens (tertiary/aromatic N) is 3. The van der Waals surface area contributed by atoms with Gasteiger partial charge in [0.1, 0.15) is 11.5 Å². The van der Waals surface area contributed by atoms with Crippen molar-refractivity contribution in [3.05, 3.63) is 118 Å². The standard InChI is InChI=1S/C28H22ClN3O6S/c1-4-37-27(34)24-16(3)30-28-31(25(24)18-6-5-15(2)21(13-18)32(35)36)26(33)23(39-28)14-20-11-12-22(38-20)17-7-9-19(29)10-8-17/h5-14,25H,4H2,1-3H3/b23-14+/t25-/m0/s1. The lowest BCUT2D eigenvalue weighted by molar-refractivity contribution is -0.385. The average molecular weight is 564 g/mol. The van der Waals surface area contributed by atoms with Gasteiger partial charge in [0.15, 0.2) is 4.80 Å². The fraction of sp³-hybridized carbons (Fsp3) is 0.179. The molecule has 2 aromatic carbocycles. The van der Waals surface area contributed by atoms with Crippen LogP contribution in [0.4, 0.5) is 5.69 Å². The van der Waals surface area contributed by atoms with Gasteiger partial charge in [0.2, 0.25) is 0 Å². The van der Waals surface area contributed by atoms with Crippen LogP contribution in [-0.2, 0) is 9.53 Å². The van der Waals surface area contributed by atoms with Crippen molar-refractivity contribution in [1.29, 1.82) is 0 Å². The minimum absolute atomic E-state index is 0.113. The van der Waals surface area contributed by atoms with E-state index in [4.69, 9.17) is 20.8 Å². The van der Waals surface area contributed by atoms with Crippen molar-refractivity contribution in [2.75, 3.05) is 6.61 Å². The van der Waals surface area contributed by atoms with Crippen LogP contribution in [-0.4, -0.2) is 22.1 Å². The third kappa shape index (κ3) is 4.96. The zero-order valence-corrected chi connectivity index (χ0v) is 22.7. The minimum Gasteiger partial charge on any atom is -0.463 e. The Balaban J connectivity index is 1.66. The van der Waals surface area contributed by atoms with E-state index < -0.39 is 22.5 Å². The number of furan rings is 1. The Morgan fingerprint density at radius 1 is 1.21 bits per heavy atom. The lowest BCUT2D eigenvalue weighted by Gasteiger charge is -2.24. The maximum Gasteiger partial charge on any atom is 0.338 e. The first-order chi connectivity index (χ1) is 18.7. The Morgan fingerprint density at radius 2 is 1.95 bits per heavy atom. The molecule has 0 radical (unpaired) electrons. The van der Waals surface area contributed by atoms with E-state index in [2.05, 4.69) is 4.99 Å². The van der Waals surface area contributed by atoms with Crippen LogP contribution in [0, 0.1) is 17.0 Å². The molecule has 11 heteroatoms. The number of benzene rings is 2. The molecule has 0 saturated heterocycles. The van der Waals surface area contributed by atoms with Crippen molar-refractivity contribution in [3.63, 3.8) is 0 Å². The van der Waals surface area contributed by atoms with E-state index in [1.54, 1.807) is 63.2 Å². The monoisotopic (exact) mass is 563 g/mol. The number of halogens is 1. The summed E-state index contributed by atoms with van der Waals surface area (Å²) in [5.74, 6) is 0.421. The molecule has 0 spiro atoms. The summed E-state index contributed by atoms with van der Waals surface area (Å²) in [6, 6.07) is 14.4. The number of carbonyl (C=O) groups excluding carboxylic acids is 1. The van der Waals surface area contributed by atoms with E-state index in [9.17, 15) is 19.7 Å². The van der Waals surface area contributed by atoms with Gasteiger partial charge in [-0.1, -0.05) is 35.1 Å². The van der Waals surface area contributed by atoms with Gasteiger partial charge in [0, 0.05) is 28.3 Å². The molecule has 0 N–H and O–H groups in total. The molecule has 1 aliphatic heterocycles. The molecule has 4 aromatic rings. The highest BCUT2D eigenvalue weighted by molar-refractivity contribution is 7.07. The predicted octanol–water partition coefficient (Wildman–Crippen LogP) is 4.93. The second-order valence-corrected chi connectivity index (χ2v) is 10.3. The Kier molecular flexibility index (Phi) is 7.07. The number of hydrogen-bond acceptors (Lipinski definition) is 8. The van der Waals surface area contributed by atoms with Gasteiger partial charge in [-0.2, -0.15) is 0 Å². The number of rotatable bonds is 6. The second kappa shape index (κ2) is 10.5. The Bertz CT molecular complexity index is 1830. The first kappa shape index (κ1) is 26.3. The largest absolute Gasteiger partial charge is 0.463 e. The molecule has 0 amide bonds. The Morgan fingerprint density at radius 3 is 2.64 bits per heavy atom. The van der Waals surface area contributed by atoms with Crippen LogP contribution in [0.5, 0.6) is 0 Å². The molecule has 5 rings (SSSR count). The number of aryl methyl sites for hydroxylation is 1. The van der Waals surface area contributed by atoms with Crippen LogP contribution in [0.25, 0.3) is 17.4 Å². The number of carbonyl (C=O) groups is 1. The molecule has 2 aromatic heterocycles. The van der Waals surface area contributed by atoms with Gasteiger partial charge < -0.3 is 9.15 Å². The van der Waals surface area contributed by atoms with Gasteiger partial charge in [0.25, 0.3) is 11.2 Å². The lowest BCUT2D eigenvalue weighted by atomic mass is 9.94. The maximum absolute atomic E-state index is 13.8. The summed E-state index contributed by atoms with van der Waals surface area (Å²) in [5, 5.41) is 12.3. The second-order valence-electron chi connectivity index (χ2n) is 8.81. The first-order valence-electron chi connectivity index (χ1n) is 12.0. The van der Waals surface area contributed by atoms with Gasteiger partial charge in [-0.25, -0.2) is 9.79 Å². The van der Waals surface area contributed by atoms with Gasteiger partial charge >= 0.3 is 5.97 Å². The number of hydrogen-bond donors (Lipinski definition) is 0. The molecule has 0 unspecified atom stereocenters. The molecule has 3 heterocycles. The molecule has 0 aliphatic carbocycles. The Hall–Kier alpha value is -4.28. The number of fused-ring (bicyclic) bond motifs is 1. The number of allylic oxidation sites excluding steroid dienone is 1. The van der Waals surface area contributed by atoms with E-state index >= 15 is 0 Å². The van der Waals surface area contributed by atoms with E-state index in [1.807, 2.05) is 12.1 Å². The zero-order chi connectivity index (χ0) is 27.8. The van der Waals surface area contributed by atoms with Crippen molar-refractivity contribution >= 4 is 40.7 Å². The summed E-state index contributed by atoms with van der Waals surface area (Å²) < 4.78 is 12.9. The van der Waals surface area contributed by atoms with Crippen molar-refractivity contribution < 1.29 is 18.9 Å². The summed E-state index contributed by atoms with van der Waals surface area (Å²) in [4.78, 5) is 42.9. The van der Waals surface area contributed by atoms with Crippen LogP contribution in [0.15, 0.2) is 80.1 Å². The third-order valence-corrected chi connectivity index (χ3v) is 7.53. The number of aromatic nitrogens is 1. The average Bonchev–Trinajstić information content (AvgIpc) is 3.48. The quantitative estimate of drug-likeness (QED) is 0.186. The zero-order valence-electron chi connectivity index (χ0n) is 21.1. The van der Waals surface area contributed by atoms with E-state index in [-0.39, 0.29) is 17.9 Å². The fourth-order valence-electron chi connectivity index (χ4n) is 4.43. The number of thiazole rings is 1. The van der Waals surface area contributed by atoms with Gasteiger partial charge in [-0.3, -0.25) is 19.5 Å². The van der Waals surface area contributed by atoms with Gasteiger partial charge in [-0.15, -0.1) is 0 Å². The molecule has 198 valence electrons. The summed E-state index contributed by atoms with van der Waals surface area (Å²) >= 11 is 7.11. The van der Waals surface area contributed by atoms with Crippen LogP contribution in [0.2, 0.25) is 5.02 Å². The van der Waals surface area contributed by atoms with E-state index in [0.29, 0.717) is 42.7 Å². The molecule has 0 fully saturated rings. The maximum atomic E-state index is 13.8. The summed E-state index contributed by atoms with van der Waals surface area (Å²) in [5.41, 5.74) is 1.69. The van der Waals surface area contributed by atoms with E-state index in [0.717, 1.165) is 16.9 Å². The molecule has 1 atom stereocenters. The first-order valence-corrected chi connectivity index (χ1v) is 13.2. The Labute approximate surface area is 231 Å². The molecule has 9 nitrogen and oxygen atoms in total. The van der Waals surface area contributed by atoms with Crippen molar-refractivity contribution in [3.8, 4) is 11.3 Å². The van der Waals surface area contributed by atoms with Crippen molar-refractivity contribution in [2.24, 2.45) is 4.99 Å². The molecule has 0 bridgehead atoms. The summed E-state index contributed by atoms with van der Waals surface area (Å²) in [7, 11) is 0. The number of ether oxygens (including phenoxy) is 1. The molecule has 1 aliphatic rings. The molecular formula is C28H22ClN3O6S. The number of esters is 1. The van der Waals surface area contributed by atoms with Gasteiger partial charge in [-0.05, 0) is 62.7 Å². The highest BCUT2D eigenvalue weighted by Crippen LogP contribution is 2.33. The molecular weight excluding hydrogens is 542 g/mol. The van der Waals surface area contributed by atoms with Crippen molar-refractivity contribution in [2.45, 2.75) is 26.8 Å². The smallest absolute Gasteiger partial charge is 0.338 e. The highest BCUT2D eigenvalue weighted by Gasteiger charge is 2.34. The highest BCUT2D eigenvalue weighted by atomic mass is 35.5.